The minimum Gasteiger partial charge on any atom is -0.330 e. The zero-order chi connectivity index (χ0) is 17.8. The standard InChI is InChI=1S/C16H22F2N2O3S.ClH/c17-15(18)24(22,23)13-6-4-5-12(9-13)20-14(21)10-16(11-19)7-2-1-3-8-16;/h4-6,9,15H,1-3,7-8,10-11,19H2,(H,20,21);1H. The van der Waals surface area contributed by atoms with Crippen LogP contribution >= 0.6 is 12.4 Å². The first-order valence-electron chi connectivity index (χ1n) is 7.91. The predicted molar refractivity (Wildman–Crippen MR) is 94.7 cm³/mol. The number of carbonyl (C=O) groups excluding carboxylic acids is 1. The third-order valence-electron chi connectivity index (χ3n) is 4.56. The third-order valence-corrected chi connectivity index (χ3v) is 5.94. The molecule has 1 amide bonds. The molecule has 9 heteroatoms. The first-order chi connectivity index (χ1) is 11.3. The Balaban J connectivity index is 0.00000312. The summed E-state index contributed by atoms with van der Waals surface area (Å²) in [5.74, 6) is -3.78. The van der Waals surface area contributed by atoms with E-state index in [1.807, 2.05) is 0 Å². The lowest BCUT2D eigenvalue weighted by Crippen LogP contribution is -2.36. The molecule has 1 aliphatic rings. The molecule has 0 unspecified atom stereocenters. The van der Waals surface area contributed by atoms with Crippen LogP contribution in [0.3, 0.4) is 0 Å². The third kappa shape index (κ3) is 5.36. The van der Waals surface area contributed by atoms with Crippen LogP contribution in [-0.4, -0.2) is 26.6 Å². The number of hydrogen-bond donors (Lipinski definition) is 2. The van der Waals surface area contributed by atoms with Crippen molar-refractivity contribution in [1.29, 1.82) is 0 Å². The molecule has 0 aliphatic heterocycles. The van der Waals surface area contributed by atoms with Crippen LogP contribution in [0.25, 0.3) is 0 Å². The molecule has 5 nitrogen and oxygen atoms in total. The molecule has 3 N–H and O–H groups in total. The van der Waals surface area contributed by atoms with Gasteiger partial charge in [-0.25, -0.2) is 8.42 Å². The second-order valence-corrected chi connectivity index (χ2v) is 8.24. The summed E-state index contributed by atoms with van der Waals surface area (Å²) in [5.41, 5.74) is 5.81. The van der Waals surface area contributed by atoms with Gasteiger partial charge in [0.25, 0.3) is 0 Å². The Labute approximate surface area is 152 Å². The molecule has 1 aliphatic carbocycles. The van der Waals surface area contributed by atoms with Crippen LogP contribution in [-0.2, 0) is 14.6 Å². The molecule has 142 valence electrons. The van der Waals surface area contributed by atoms with Crippen molar-refractivity contribution in [3.05, 3.63) is 24.3 Å². The average Bonchev–Trinajstić information content (AvgIpc) is 2.55. The second kappa shape index (κ2) is 8.91. The number of alkyl halides is 2. The summed E-state index contributed by atoms with van der Waals surface area (Å²) >= 11 is 0. The Hall–Kier alpha value is -1.25. The van der Waals surface area contributed by atoms with Gasteiger partial charge >= 0.3 is 5.76 Å². The maximum absolute atomic E-state index is 12.6. The minimum atomic E-state index is -4.68. The number of halogens is 3. The van der Waals surface area contributed by atoms with Gasteiger partial charge in [-0.15, -0.1) is 12.4 Å². The number of sulfone groups is 1. The van der Waals surface area contributed by atoms with Gasteiger partial charge in [-0.2, -0.15) is 8.78 Å². The lowest BCUT2D eigenvalue weighted by molar-refractivity contribution is -0.118. The van der Waals surface area contributed by atoms with Crippen molar-refractivity contribution in [3.8, 4) is 0 Å². The van der Waals surface area contributed by atoms with Crippen LogP contribution in [0.1, 0.15) is 38.5 Å². The molecule has 1 saturated carbocycles. The van der Waals surface area contributed by atoms with Crippen molar-refractivity contribution < 1.29 is 22.0 Å². The van der Waals surface area contributed by atoms with Gasteiger partial charge in [-0.05, 0) is 43.0 Å². The maximum atomic E-state index is 12.6. The highest BCUT2D eigenvalue weighted by Gasteiger charge is 2.33. The van der Waals surface area contributed by atoms with Gasteiger partial charge in [0.05, 0.1) is 4.90 Å². The maximum Gasteiger partial charge on any atom is 0.341 e. The Kier molecular flexibility index (Phi) is 7.77. The Bertz CT molecular complexity index is 692. The van der Waals surface area contributed by atoms with Crippen molar-refractivity contribution in [1.82, 2.24) is 0 Å². The molecule has 0 saturated heterocycles. The van der Waals surface area contributed by atoms with E-state index < -0.39 is 20.5 Å². The highest BCUT2D eigenvalue weighted by molar-refractivity contribution is 7.91. The summed E-state index contributed by atoms with van der Waals surface area (Å²) in [7, 11) is -4.68. The number of nitrogens with two attached hydrogens (primary N) is 1. The highest BCUT2D eigenvalue weighted by atomic mass is 35.5. The van der Waals surface area contributed by atoms with Crippen molar-refractivity contribution >= 4 is 33.8 Å². The summed E-state index contributed by atoms with van der Waals surface area (Å²) < 4.78 is 48.2. The lowest BCUT2D eigenvalue weighted by atomic mass is 9.71. The summed E-state index contributed by atoms with van der Waals surface area (Å²) in [4.78, 5) is 11.8. The van der Waals surface area contributed by atoms with Crippen molar-refractivity contribution in [2.75, 3.05) is 11.9 Å². The number of nitrogens with one attached hydrogen (secondary N) is 1. The van der Waals surface area contributed by atoms with Crippen LogP contribution < -0.4 is 11.1 Å². The topological polar surface area (TPSA) is 89.3 Å². The zero-order valence-electron chi connectivity index (χ0n) is 13.7. The molecule has 0 bridgehead atoms. The van der Waals surface area contributed by atoms with Gasteiger partial charge in [-0.3, -0.25) is 4.79 Å². The number of amides is 1. The number of anilines is 1. The lowest BCUT2D eigenvalue weighted by Gasteiger charge is -2.35. The van der Waals surface area contributed by atoms with E-state index in [0.717, 1.165) is 44.2 Å². The molecular formula is C16H23ClF2N2O3S. The molecule has 0 aromatic heterocycles. The molecule has 1 fully saturated rings. The fourth-order valence-electron chi connectivity index (χ4n) is 3.15. The average molecular weight is 397 g/mol. The van der Waals surface area contributed by atoms with Crippen LogP contribution in [0.15, 0.2) is 29.2 Å². The number of rotatable bonds is 6. The monoisotopic (exact) mass is 396 g/mol. The van der Waals surface area contributed by atoms with E-state index in [1.54, 1.807) is 0 Å². The van der Waals surface area contributed by atoms with Crippen LogP contribution in [0.2, 0.25) is 0 Å². The first kappa shape index (κ1) is 21.8. The zero-order valence-corrected chi connectivity index (χ0v) is 15.3. The van der Waals surface area contributed by atoms with Gasteiger partial charge in [0.1, 0.15) is 0 Å². The van der Waals surface area contributed by atoms with Gasteiger partial charge in [0.15, 0.2) is 0 Å². The van der Waals surface area contributed by atoms with Crippen molar-refractivity contribution in [3.63, 3.8) is 0 Å². The quantitative estimate of drug-likeness (QED) is 0.771. The molecule has 0 spiro atoms. The van der Waals surface area contributed by atoms with E-state index in [0.29, 0.717) is 6.54 Å². The van der Waals surface area contributed by atoms with Gasteiger partial charge in [-0.1, -0.05) is 25.3 Å². The molecule has 0 radical (unpaired) electrons. The summed E-state index contributed by atoms with van der Waals surface area (Å²) in [6.45, 7) is 0.417. The summed E-state index contributed by atoms with van der Waals surface area (Å²) in [6, 6.07) is 4.93. The Morgan fingerprint density at radius 3 is 2.44 bits per heavy atom. The van der Waals surface area contributed by atoms with E-state index in [2.05, 4.69) is 5.32 Å². The molecule has 1 aromatic carbocycles. The molecular weight excluding hydrogens is 374 g/mol. The van der Waals surface area contributed by atoms with E-state index >= 15 is 0 Å². The normalized spacial score (nSPS) is 17.0. The van der Waals surface area contributed by atoms with E-state index in [4.69, 9.17) is 5.73 Å². The second-order valence-electron chi connectivity index (χ2n) is 6.32. The Morgan fingerprint density at radius 2 is 1.88 bits per heavy atom. The SMILES string of the molecule is Cl.NCC1(CC(=O)Nc2cccc(S(=O)(=O)C(F)F)c2)CCCCC1. The van der Waals surface area contributed by atoms with Gasteiger partial charge in [0.2, 0.25) is 15.7 Å². The predicted octanol–water partition coefficient (Wildman–Crippen LogP) is 3.34. The van der Waals surface area contributed by atoms with Crippen LogP contribution in [0.4, 0.5) is 14.5 Å². The minimum absolute atomic E-state index is 0. The first-order valence-corrected chi connectivity index (χ1v) is 9.46. The van der Waals surface area contributed by atoms with Crippen molar-refractivity contribution in [2.24, 2.45) is 11.1 Å². The van der Waals surface area contributed by atoms with Crippen molar-refractivity contribution in [2.45, 2.75) is 49.2 Å². The summed E-state index contributed by atoms with van der Waals surface area (Å²) in [5, 5.41) is 2.60. The van der Waals surface area contributed by atoms with E-state index in [1.165, 1.54) is 12.1 Å². The molecule has 0 heterocycles. The molecule has 2 rings (SSSR count). The Morgan fingerprint density at radius 1 is 1.24 bits per heavy atom. The highest BCUT2D eigenvalue weighted by Crippen LogP contribution is 2.38. The smallest absolute Gasteiger partial charge is 0.330 e. The fourth-order valence-corrected chi connectivity index (χ4v) is 3.92. The molecule has 0 atom stereocenters. The molecule has 25 heavy (non-hydrogen) atoms. The van der Waals surface area contributed by atoms with E-state index in [-0.39, 0.29) is 35.8 Å². The number of hydrogen-bond acceptors (Lipinski definition) is 4. The van der Waals surface area contributed by atoms with E-state index in [9.17, 15) is 22.0 Å². The summed E-state index contributed by atoms with van der Waals surface area (Å²) in [6.07, 6.45) is 5.22. The molecule has 1 aromatic rings. The van der Waals surface area contributed by atoms with Gasteiger partial charge in [0, 0.05) is 12.1 Å². The number of carbonyl (C=O) groups is 1. The van der Waals surface area contributed by atoms with Gasteiger partial charge < -0.3 is 11.1 Å². The fraction of sp³-hybridized carbons (Fsp3) is 0.562. The number of benzene rings is 1. The largest absolute Gasteiger partial charge is 0.341 e. The van der Waals surface area contributed by atoms with Crippen LogP contribution in [0, 0.1) is 5.41 Å². The van der Waals surface area contributed by atoms with Crippen LogP contribution in [0.5, 0.6) is 0 Å².